The number of rotatable bonds is 4. The minimum atomic E-state index is -0.812. The number of methoxy groups -OCH3 is 1. The molecule has 7 nitrogen and oxygen atoms in total. The number of allylic oxidation sites excluding steroid dienone is 1. The number of carbonyl (C=O) groups is 2. The number of benzene rings is 1. The van der Waals surface area contributed by atoms with Crippen molar-refractivity contribution < 1.29 is 24.2 Å². The third-order valence-electron chi connectivity index (χ3n) is 3.80. The van der Waals surface area contributed by atoms with Crippen molar-refractivity contribution in [1.82, 2.24) is 10.2 Å². The van der Waals surface area contributed by atoms with Crippen molar-refractivity contribution in [3.05, 3.63) is 35.0 Å². The van der Waals surface area contributed by atoms with Gasteiger partial charge in [-0.15, -0.1) is 0 Å². The van der Waals surface area contributed by atoms with Crippen LogP contribution in [0.1, 0.15) is 25.5 Å². The van der Waals surface area contributed by atoms with Crippen molar-refractivity contribution in [3.8, 4) is 11.5 Å². The minimum absolute atomic E-state index is 0.0461. The molecule has 0 saturated heterocycles. The molecule has 23 heavy (non-hydrogen) atoms. The molecular formula is C16H20N2O5. The van der Waals surface area contributed by atoms with E-state index in [0.29, 0.717) is 17.0 Å². The van der Waals surface area contributed by atoms with Crippen LogP contribution in [-0.4, -0.2) is 42.8 Å². The molecular weight excluding hydrogens is 300 g/mol. The van der Waals surface area contributed by atoms with Gasteiger partial charge in [-0.2, -0.15) is 0 Å². The van der Waals surface area contributed by atoms with Crippen LogP contribution < -0.4 is 10.1 Å². The molecule has 0 unspecified atom stereocenters. The van der Waals surface area contributed by atoms with Crippen molar-refractivity contribution in [2.45, 2.75) is 19.9 Å². The molecule has 1 aromatic carbocycles. The molecule has 2 N–H and O–H groups in total. The van der Waals surface area contributed by atoms with E-state index in [1.807, 2.05) is 0 Å². The van der Waals surface area contributed by atoms with Crippen LogP contribution in [0.2, 0.25) is 0 Å². The van der Waals surface area contributed by atoms with E-state index in [2.05, 4.69) is 5.32 Å². The first-order valence-corrected chi connectivity index (χ1v) is 7.19. The fraction of sp³-hybridized carbons (Fsp3) is 0.375. The van der Waals surface area contributed by atoms with Gasteiger partial charge in [-0.1, -0.05) is 0 Å². The van der Waals surface area contributed by atoms with E-state index in [0.717, 1.165) is 0 Å². The van der Waals surface area contributed by atoms with E-state index in [-0.39, 0.29) is 24.0 Å². The summed E-state index contributed by atoms with van der Waals surface area (Å²) < 4.78 is 10.2. The summed E-state index contributed by atoms with van der Waals surface area (Å²) in [6, 6.07) is 3.45. The highest BCUT2D eigenvalue weighted by atomic mass is 16.5. The van der Waals surface area contributed by atoms with Gasteiger partial charge >= 0.3 is 12.0 Å². The SMILES string of the molecule is CCOC(=O)C1=C(C)N(C)C(=O)N[C@H]1c1cc(OC)ccc1O. The maximum atomic E-state index is 12.3. The van der Waals surface area contributed by atoms with Crippen LogP contribution in [0.15, 0.2) is 29.5 Å². The minimum Gasteiger partial charge on any atom is -0.508 e. The Kier molecular flexibility index (Phi) is 4.78. The molecule has 7 heteroatoms. The van der Waals surface area contributed by atoms with E-state index in [4.69, 9.17) is 9.47 Å². The van der Waals surface area contributed by atoms with Crippen molar-refractivity contribution in [3.63, 3.8) is 0 Å². The highest BCUT2D eigenvalue weighted by Gasteiger charge is 2.36. The van der Waals surface area contributed by atoms with Crippen LogP contribution in [0.25, 0.3) is 0 Å². The maximum Gasteiger partial charge on any atom is 0.338 e. The van der Waals surface area contributed by atoms with E-state index < -0.39 is 12.0 Å². The second-order valence-electron chi connectivity index (χ2n) is 5.09. The van der Waals surface area contributed by atoms with Crippen LogP contribution in [-0.2, 0) is 9.53 Å². The van der Waals surface area contributed by atoms with Crippen molar-refractivity contribution in [2.24, 2.45) is 0 Å². The van der Waals surface area contributed by atoms with E-state index >= 15 is 0 Å². The molecule has 1 heterocycles. The molecule has 0 spiro atoms. The molecule has 0 aromatic heterocycles. The molecule has 1 aromatic rings. The van der Waals surface area contributed by atoms with Gasteiger partial charge in [0.05, 0.1) is 25.3 Å². The number of urea groups is 1. The quantitative estimate of drug-likeness (QED) is 0.828. The summed E-state index contributed by atoms with van der Waals surface area (Å²) in [4.78, 5) is 25.8. The summed E-state index contributed by atoms with van der Waals surface area (Å²) in [6.07, 6.45) is 0. The number of hydrogen-bond donors (Lipinski definition) is 2. The van der Waals surface area contributed by atoms with Crippen molar-refractivity contribution >= 4 is 12.0 Å². The maximum absolute atomic E-state index is 12.3. The Morgan fingerprint density at radius 3 is 2.74 bits per heavy atom. The van der Waals surface area contributed by atoms with Crippen molar-refractivity contribution in [2.75, 3.05) is 20.8 Å². The number of nitrogens with zero attached hydrogens (tertiary/aromatic N) is 1. The molecule has 1 aliphatic rings. The number of nitrogens with one attached hydrogen (secondary N) is 1. The van der Waals surface area contributed by atoms with Gasteiger partial charge in [0, 0.05) is 18.3 Å². The van der Waals surface area contributed by atoms with Crippen LogP contribution in [0.5, 0.6) is 11.5 Å². The Balaban J connectivity index is 2.58. The molecule has 0 fully saturated rings. The Morgan fingerprint density at radius 2 is 2.13 bits per heavy atom. The summed E-state index contributed by atoms with van der Waals surface area (Å²) in [5, 5.41) is 12.9. The number of phenols is 1. The third kappa shape index (κ3) is 3.08. The molecule has 0 saturated carbocycles. The molecule has 1 aliphatic heterocycles. The number of phenolic OH excluding ortho intramolecular Hbond substituents is 1. The number of amides is 2. The van der Waals surface area contributed by atoms with E-state index in [9.17, 15) is 14.7 Å². The normalized spacial score (nSPS) is 17.8. The molecule has 2 amide bonds. The lowest BCUT2D eigenvalue weighted by Crippen LogP contribution is -2.46. The highest BCUT2D eigenvalue weighted by Crippen LogP contribution is 2.36. The smallest absolute Gasteiger partial charge is 0.338 e. The van der Waals surface area contributed by atoms with Crippen LogP contribution in [0.4, 0.5) is 4.79 Å². The van der Waals surface area contributed by atoms with Gasteiger partial charge in [0.25, 0.3) is 0 Å². The fourth-order valence-corrected chi connectivity index (χ4v) is 2.43. The lowest BCUT2D eigenvalue weighted by atomic mass is 9.94. The lowest BCUT2D eigenvalue weighted by molar-refractivity contribution is -0.139. The molecule has 1 atom stereocenters. The van der Waals surface area contributed by atoms with Crippen LogP contribution in [0, 0.1) is 0 Å². The predicted octanol–water partition coefficient (Wildman–Crippen LogP) is 1.93. The van der Waals surface area contributed by atoms with E-state index in [1.54, 1.807) is 33.0 Å². The molecule has 0 aliphatic carbocycles. The summed E-state index contributed by atoms with van der Waals surface area (Å²) in [6.45, 7) is 3.58. The summed E-state index contributed by atoms with van der Waals surface area (Å²) in [5.41, 5.74) is 1.12. The lowest BCUT2D eigenvalue weighted by Gasteiger charge is -2.33. The Hall–Kier alpha value is -2.70. The average molecular weight is 320 g/mol. The Labute approximate surface area is 134 Å². The summed E-state index contributed by atoms with van der Waals surface area (Å²) in [7, 11) is 3.06. The first-order chi connectivity index (χ1) is 10.9. The van der Waals surface area contributed by atoms with Gasteiger partial charge < -0.3 is 24.8 Å². The number of hydrogen-bond acceptors (Lipinski definition) is 5. The molecule has 2 rings (SSSR count). The first-order valence-electron chi connectivity index (χ1n) is 7.19. The van der Waals surface area contributed by atoms with Gasteiger partial charge in [-0.25, -0.2) is 9.59 Å². The van der Waals surface area contributed by atoms with Crippen LogP contribution >= 0.6 is 0 Å². The Bertz CT molecular complexity index is 668. The van der Waals surface area contributed by atoms with Gasteiger partial charge in [0.15, 0.2) is 0 Å². The van der Waals surface area contributed by atoms with Gasteiger partial charge in [0.1, 0.15) is 11.5 Å². The summed E-state index contributed by atoms with van der Waals surface area (Å²) >= 11 is 0. The Morgan fingerprint density at radius 1 is 1.43 bits per heavy atom. The monoisotopic (exact) mass is 320 g/mol. The van der Waals surface area contributed by atoms with Gasteiger partial charge in [-0.3, -0.25) is 0 Å². The van der Waals surface area contributed by atoms with Gasteiger partial charge in [0.2, 0.25) is 0 Å². The summed E-state index contributed by atoms with van der Waals surface area (Å²) in [5.74, 6) is -0.0776. The van der Waals surface area contributed by atoms with Gasteiger partial charge in [-0.05, 0) is 32.0 Å². The molecule has 0 bridgehead atoms. The molecule has 124 valence electrons. The first kappa shape index (κ1) is 16.7. The van der Waals surface area contributed by atoms with Crippen LogP contribution in [0.3, 0.4) is 0 Å². The molecule has 0 radical (unpaired) electrons. The number of esters is 1. The highest BCUT2D eigenvalue weighted by molar-refractivity contribution is 5.95. The zero-order valence-corrected chi connectivity index (χ0v) is 13.5. The zero-order chi connectivity index (χ0) is 17.1. The average Bonchev–Trinajstić information content (AvgIpc) is 2.53. The zero-order valence-electron chi connectivity index (χ0n) is 13.5. The second kappa shape index (κ2) is 6.60. The predicted molar refractivity (Wildman–Crippen MR) is 83.0 cm³/mol. The number of ether oxygens (including phenoxy) is 2. The largest absolute Gasteiger partial charge is 0.508 e. The second-order valence-corrected chi connectivity index (χ2v) is 5.09. The number of carbonyl (C=O) groups excluding carboxylic acids is 2. The van der Waals surface area contributed by atoms with Crippen molar-refractivity contribution in [1.29, 1.82) is 0 Å². The standard InChI is InChI=1S/C16H20N2O5/c1-5-23-15(20)13-9(2)18(3)16(21)17-14(13)11-8-10(22-4)6-7-12(11)19/h6-8,14,19H,5H2,1-4H3,(H,17,21)/t14-/m0/s1. The topological polar surface area (TPSA) is 88.1 Å². The number of aromatic hydroxyl groups is 1. The fourth-order valence-electron chi connectivity index (χ4n) is 2.43. The third-order valence-corrected chi connectivity index (χ3v) is 3.80. The van der Waals surface area contributed by atoms with E-state index in [1.165, 1.54) is 18.1 Å².